The van der Waals surface area contributed by atoms with E-state index >= 15 is 0 Å². The molecule has 1 fully saturated rings. The van der Waals surface area contributed by atoms with Crippen molar-refractivity contribution in [2.45, 2.75) is 26.8 Å². The zero-order valence-electron chi connectivity index (χ0n) is 12.4. The SMILES string of the molecule is CNC(=O)CN1CCN(C(=O)[C@H](N)C(C)(C)C)CC1. The number of nitrogens with two attached hydrogens (primary N) is 1. The Morgan fingerprint density at radius 2 is 1.74 bits per heavy atom. The highest BCUT2D eigenvalue weighted by molar-refractivity contribution is 5.82. The van der Waals surface area contributed by atoms with Gasteiger partial charge in [-0.3, -0.25) is 14.5 Å². The van der Waals surface area contributed by atoms with Crippen LogP contribution in [0.2, 0.25) is 0 Å². The van der Waals surface area contributed by atoms with Crippen molar-refractivity contribution in [1.29, 1.82) is 0 Å². The van der Waals surface area contributed by atoms with E-state index in [2.05, 4.69) is 5.32 Å². The topological polar surface area (TPSA) is 78.7 Å². The molecular formula is C13H26N4O2. The summed E-state index contributed by atoms with van der Waals surface area (Å²) in [5, 5.41) is 2.60. The van der Waals surface area contributed by atoms with Gasteiger partial charge in [0.05, 0.1) is 12.6 Å². The Morgan fingerprint density at radius 3 is 2.16 bits per heavy atom. The smallest absolute Gasteiger partial charge is 0.240 e. The number of nitrogens with one attached hydrogen (secondary N) is 1. The van der Waals surface area contributed by atoms with Crippen LogP contribution in [0, 0.1) is 5.41 Å². The van der Waals surface area contributed by atoms with Gasteiger partial charge < -0.3 is 16.0 Å². The summed E-state index contributed by atoms with van der Waals surface area (Å²) in [5.41, 5.74) is 5.77. The first kappa shape index (κ1) is 15.9. The van der Waals surface area contributed by atoms with Crippen molar-refractivity contribution in [3.05, 3.63) is 0 Å². The molecule has 1 aliphatic rings. The monoisotopic (exact) mass is 270 g/mol. The third-order valence-electron chi connectivity index (χ3n) is 3.53. The minimum Gasteiger partial charge on any atom is -0.358 e. The summed E-state index contributed by atoms with van der Waals surface area (Å²) < 4.78 is 0. The maximum absolute atomic E-state index is 12.2. The van der Waals surface area contributed by atoms with Crippen LogP contribution >= 0.6 is 0 Å². The summed E-state index contributed by atoms with van der Waals surface area (Å²) >= 11 is 0. The fourth-order valence-corrected chi connectivity index (χ4v) is 1.98. The van der Waals surface area contributed by atoms with E-state index in [-0.39, 0.29) is 17.2 Å². The summed E-state index contributed by atoms with van der Waals surface area (Å²) in [6.07, 6.45) is 0. The van der Waals surface area contributed by atoms with Crippen LogP contribution in [0.15, 0.2) is 0 Å². The Hall–Kier alpha value is -1.14. The molecule has 110 valence electrons. The average Bonchev–Trinajstić information content (AvgIpc) is 2.36. The van der Waals surface area contributed by atoms with E-state index in [0.717, 1.165) is 13.1 Å². The molecule has 1 heterocycles. The lowest BCUT2D eigenvalue weighted by atomic mass is 9.86. The summed E-state index contributed by atoms with van der Waals surface area (Å²) in [7, 11) is 1.63. The van der Waals surface area contributed by atoms with Gasteiger partial charge in [0.25, 0.3) is 0 Å². The van der Waals surface area contributed by atoms with Crippen molar-refractivity contribution >= 4 is 11.8 Å². The normalized spacial score (nSPS) is 19.1. The summed E-state index contributed by atoms with van der Waals surface area (Å²) in [6.45, 7) is 9.02. The molecule has 0 aromatic heterocycles. The number of piperazine rings is 1. The van der Waals surface area contributed by atoms with Crippen LogP contribution in [0.1, 0.15) is 20.8 Å². The first-order valence-electron chi connectivity index (χ1n) is 6.73. The van der Waals surface area contributed by atoms with Crippen molar-refractivity contribution in [2.24, 2.45) is 11.1 Å². The van der Waals surface area contributed by atoms with Crippen LogP contribution in [0.4, 0.5) is 0 Å². The fourth-order valence-electron chi connectivity index (χ4n) is 1.98. The average molecular weight is 270 g/mol. The van der Waals surface area contributed by atoms with Gasteiger partial charge in [-0.05, 0) is 5.41 Å². The van der Waals surface area contributed by atoms with Gasteiger partial charge in [0.15, 0.2) is 0 Å². The van der Waals surface area contributed by atoms with E-state index < -0.39 is 6.04 Å². The van der Waals surface area contributed by atoms with Crippen LogP contribution in [-0.2, 0) is 9.59 Å². The van der Waals surface area contributed by atoms with Gasteiger partial charge in [0.2, 0.25) is 11.8 Å². The second-order valence-electron chi connectivity index (χ2n) is 6.12. The number of hydrogen-bond acceptors (Lipinski definition) is 4. The lowest BCUT2D eigenvalue weighted by Crippen LogP contribution is -2.56. The lowest BCUT2D eigenvalue weighted by molar-refractivity contribution is -0.136. The molecule has 6 heteroatoms. The molecule has 0 spiro atoms. The van der Waals surface area contributed by atoms with Crippen molar-refractivity contribution in [1.82, 2.24) is 15.1 Å². The maximum atomic E-state index is 12.2. The quantitative estimate of drug-likeness (QED) is 0.707. The largest absolute Gasteiger partial charge is 0.358 e. The third kappa shape index (κ3) is 4.47. The number of carbonyl (C=O) groups is 2. The number of rotatable bonds is 3. The Kier molecular flexibility index (Phi) is 5.31. The van der Waals surface area contributed by atoms with E-state index in [0.29, 0.717) is 19.6 Å². The molecule has 1 saturated heterocycles. The number of likely N-dealkylation sites (N-methyl/N-ethyl adjacent to an activating group) is 1. The lowest BCUT2D eigenvalue weighted by Gasteiger charge is -2.37. The predicted molar refractivity (Wildman–Crippen MR) is 74.5 cm³/mol. The Balaban J connectivity index is 2.45. The van der Waals surface area contributed by atoms with Crippen LogP contribution < -0.4 is 11.1 Å². The first-order valence-corrected chi connectivity index (χ1v) is 6.73. The molecule has 1 aliphatic heterocycles. The van der Waals surface area contributed by atoms with E-state index in [4.69, 9.17) is 5.73 Å². The first-order chi connectivity index (χ1) is 8.75. The second kappa shape index (κ2) is 6.34. The summed E-state index contributed by atoms with van der Waals surface area (Å²) in [5.74, 6) is 0.0123. The molecule has 0 radical (unpaired) electrons. The Morgan fingerprint density at radius 1 is 1.21 bits per heavy atom. The van der Waals surface area contributed by atoms with Crippen molar-refractivity contribution in [2.75, 3.05) is 39.8 Å². The molecule has 0 aromatic carbocycles. The van der Waals surface area contributed by atoms with E-state index in [1.165, 1.54) is 0 Å². The summed E-state index contributed by atoms with van der Waals surface area (Å²) in [6, 6.07) is -0.474. The number of amides is 2. The molecule has 0 aliphatic carbocycles. The molecule has 3 N–H and O–H groups in total. The minimum absolute atomic E-state index is 0.00571. The number of hydrogen-bond donors (Lipinski definition) is 2. The van der Waals surface area contributed by atoms with E-state index in [1.807, 2.05) is 25.7 Å². The molecule has 1 rings (SSSR count). The van der Waals surface area contributed by atoms with Gasteiger partial charge in [-0.15, -0.1) is 0 Å². The van der Waals surface area contributed by atoms with Gasteiger partial charge >= 0.3 is 0 Å². The molecule has 1 atom stereocenters. The van der Waals surface area contributed by atoms with Gasteiger partial charge in [-0.1, -0.05) is 20.8 Å². The molecule has 0 unspecified atom stereocenters. The molecule has 0 aromatic rings. The second-order valence-corrected chi connectivity index (χ2v) is 6.12. The van der Waals surface area contributed by atoms with Crippen LogP contribution in [-0.4, -0.2) is 67.4 Å². The van der Waals surface area contributed by atoms with Crippen molar-refractivity contribution in [3.63, 3.8) is 0 Å². The Bertz CT molecular complexity index is 330. The molecule has 19 heavy (non-hydrogen) atoms. The molecule has 0 saturated carbocycles. The molecule has 6 nitrogen and oxygen atoms in total. The van der Waals surface area contributed by atoms with Crippen LogP contribution in [0.5, 0.6) is 0 Å². The van der Waals surface area contributed by atoms with E-state index in [9.17, 15) is 9.59 Å². The zero-order chi connectivity index (χ0) is 14.6. The minimum atomic E-state index is -0.474. The number of nitrogens with zero attached hydrogens (tertiary/aromatic N) is 2. The van der Waals surface area contributed by atoms with Gasteiger partial charge in [-0.25, -0.2) is 0 Å². The standard InChI is InChI=1S/C13H26N4O2/c1-13(2,3)11(14)12(19)17-7-5-16(6-8-17)9-10(18)15-4/h11H,5-9,14H2,1-4H3,(H,15,18)/t11-/m0/s1. The van der Waals surface area contributed by atoms with Gasteiger partial charge in [0, 0.05) is 33.2 Å². The Labute approximate surface area is 115 Å². The predicted octanol–water partition coefficient (Wildman–Crippen LogP) is -0.750. The molecule has 0 bridgehead atoms. The van der Waals surface area contributed by atoms with E-state index in [1.54, 1.807) is 11.9 Å². The fraction of sp³-hybridized carbons (Fsp3) is 0.846. The highest BCUT2D eigenvalue weighted by Gasteiger charge is 2.32. The maximum Gasteiger partial charge on any atom is 0.240 e. The zero-order valence-corrected chi connectivity index (χ0v) is 12.4. The van der Waals surface area contributed by atoms with Crippen molar-refractivity contribution < 1.29 is 9.59 Å². The number of carbonyl (C=O) groups excluding carboxylic acids is 2. The summed E-state index contributed by atoms with van der Waals surface area (Å²) in [4.78, 5) is 27.4. The van der Waals surface area contributed by atoms with Gasteiger partial charge in [-0.2, -0.15) is 0 Å². The molecular weight excluding hydrogens is 244 g/mol. The van der Waals surface area contributed by atoms with Crippen LogP contribution in [0.3, 0.4) is 0 Å². The third-order valence-corrected chi connectivity index (χ3v) is 3.53. The highest BCUT2D eigenvalue weighted by Crippen LogP contribution is 2.19. The molecule has 2 amide bonds. The van der Waals surface area contributed by atoms with Crippen molar-refractivity contribution in [3.8, 4) is 0 Å². The van der Waals surface area contributed by atoms with Gasteiger partial charge in [0.1, 0.15) is 0 Å². The highest BCUT2D eigenvalue weighted by atomic mass is 16.2. The van der Waals surface area contributed by atoms with Crippen LogP contribution in [0.25, 0.3) is 0 Å².